The summed E-state index contributed by atoms with van der Waals surface area (Å²) in [5.74, 6) is -0.415. The van der Waals surface area contributed by atoms with Gasteiger partial charge in [0.15, 0.2) is 0 Å². The second-order valence-corrected chi connectivity index (χ2v) is 3.56. The monoisotopic (exact) mass is 229 g/mol. The van der Waals surface area contributed by atoms with Crippen LogP contribution in [0.15, 0.2) is 12.3 Å². The van der Waals surface area contributed by atoms with Gasteiger partial charge in [-0.05, 0) is 6.07 Å². The number of aromatic amines is 1. The van der Waals surface area contributed by atoms with Crippen molar-refractivity contribution in [1.82, 2.24) is 15.5 Å². The Kier molecular flexibility index (Phi) is 4.41. The number of aliphatic hydroxyl groups is 3. The third-order valence-electron chi connectivity index (χ3n) is 2.22. The largest absolute Gasteiger partial charge is 0.394 e. The number of carbonyl (C=O) groups excluding carboxylic acids is 1. The summed E-state index contributed by atoms with van der Waals surface area (Å²) >= 11 is 0. The van der Waals surface area contributed by atoms with Gasteiger partial charge in [-0.1, -0.05) is 0 Å². The Morgan fingerprint density at radius 3 is 2.44 bits per heavy atom. The van der Waals surface area contributed by atoms with Gasteiger partial charge in [0.2, 0.25) is 5.91 Å². The zero-order valence-corrected chi connectivity index (χ0v) is 8.68. The first kappa shape index (κ1) is 12.6. The van der Waals surface area contributed by atoms with Crippen LogP contribution < -0.4 is 5.32 Å². The van der Waals surface area contributed by atoms with E-state index in [1.165, 1.54) is 6.20 Å². The molecule has 0 saturated carbocycles. The van der Waals surface area contributed by atoms with Crippen molar-refractivity contribution in [3.8, 4) is 0 Å². The molecule has 0 bridgehead atoms. The Balaban J connectivity index is 2.55. The summed E-state index contributed by atoms with van der Waals surface area (Å²) in [7, 11) is 0. The Bertz CT molecular complexity index is 313. The number of H-pyrrole nitrogens is 1. The van der Waals surface area contributed by atoms with E-state index < -0.39 is 31.3 Å². The van der Waals surface area contributed by atoms with E-state index in [0.717, 1.165) is 0 Å². The average molecular weight is 229 g/mol. The van der Waals surface area contributed by atoms with Crippen LogP contribution in [0, 0.1) is 0 Å². The second-order valence-electron chi connectivity index (χ2n) is 3.56. The van der Waals surface area contributed by atoms with Crippen LogP contribution in [0.25, 0.3) is 0 Å². The van der Waals surface area contributed by atoms with Gasteiger partial charge in [0, 0.05) is 11.9 Å². The molecule has 0 spiro atoms. The van der Waals surface area contributed by atoms with Crippen LogP contribution in [-0.4, -0.2) is 56.8 Å². The summed E-state index contributed by atoms with van der Waals surface area (Å²) in [4.78, 5) is 11.5. The molecular weight excluding hydrogens is 214 g/mol. The van der Waals surface area contributed by atoms with Crippen LogP contribution in [0.4, 0.5) is 0 Å². The molecule has 0 atom stereocenters. The minimum absolute atomic E-state index is 0.0434. The van der Waals surface area contributed by atoms with Gasteiger partial charge in [0.05, 0.1) is 26.2 Å². The maximum atomic E-state index is 11.5. The molecule has 5 N–H and O–H groups in total. The normalized spacial score (nSPS) is 11.4. The highest BCUT2D eigenvalue weighted by atomic mass is 16.3. The third-order valence-corrected chi connectivity index (χ3v) is 2.22. The number of aliphatic hydroxyl groups excluding tert-OH is 3. The molecule has 7 heteroatoms. The van der Waals surface area contributed by atoms with Crippen molar-refractivity contribution in [2.24, 2.45) is 0 Å². The lowest BCUT2D eigenvalue weighted by Crippen LogP contribution is -2.57. The van der Waals surface area contributed by atoms with Crippen LogP contribution >= 0.6 is 0 Å². The molecule has 0 aliphatic heterocycles. The maximum Gasteiger partial charge on any atom is 0.226 e. The summed E-state index contributed by atoms with van der Waals surface area (Å²) in [6.07, 6.45) is 1.56. The van der Waals surface area contributed by atoms with Crippen molar-refractivity contribution in [3.63, 3.8) is 0 Å². The highest BCUT2D eigenvalue weighted by Gasteiger charge is 2.29. The SMILES string of the molecule is O=C(Cc1ccn[nH]1)NC(CO)(CO)CO. The number of nitrogens with one attached hydrogen (secondary N) is 2. The molecule has 0 fully saturated rings. The van der Waals surface area contributed by atoms with Crippen molar-refractivity contribution in [3.05, 3.63) is 18.0 Å². The molecule has 0 aliphatic carbocycles. The Morgan fingerprint density at radius 1 is 1.38 bits per heavy atom. The van der Waals surface area contributed by atoms with Crippen LogP contribution in [0.5, 0.6) is 0 Å². The molecule has 90 valence electrons. The van der Waals surface area contributed by atoms with Gasteiger partial charge in [-0.2, -0.15) is 5.10 Å². The predicted octanol–water partition coefficient (Wildman–Crippen LogP) is -2.22. The topological polar surface area (TPSA) is 118 Å². The standard InChI is InChI=1S/C9H15N3O4/c13-4-9(5-14,6-15)11-8(16)3-7-1-2-10-12-7/h1-2,13-15H,3-6H2,(H,10,12)(H,11,16). The number of carbonyl (C=O) groups is 1. The summed E-state index contributed by atoms with van der Waals surface area (Å²) in [5, 5.41) is 35.7. The molecule has 0 unspecified atom stereocenters. The summed E-state index contributed by atoms with van der Waals surface area (Å²) in [5.41, 5.74) is -0.767. The van der Waals surface area contributed by atoms with E-state index in [4.69, 9.17) is 15.3 Å². The second kappa shape index (κ2) is 5.59. The molecule has 0 aromatic carbocycles. The Hall–Kier alpha value is -1.44. The van der Waals surface area contributed by atoms with Crippen LogP contribution in [-0.2, 0) is 11.2 Å². The fourth-order valence-corrected chi connectivity index (χ4v) is 1.16. The van der Waals surface area contributed by atoms with Crippen molar-refractivity contribution < 1.29 is 20.1 Å². The number of nitrogens with zero attached hydrogens (tertiary/aromatic N) is 1. The van der Waals surface area contributed by atoms with E-state index in [2.05, 4.69) is 15.5 Å². The van der Waals surface area contributed by atoms with Crippen molar-refractivity contribution in [1.29, 1.82) is 0 Å². The summed E-state index contributed by atoms with van der Waals surface area (Å²) in [6.45, 7) is -1.60. The van der Waals surface area contributed by atoms with E-state index in [1.54, 1.807) is 6.07 Å². The fraction of sp³-hybridized carbons (Fsp3) is 0.556. The molecule has 16 heavy (non-hydrogen) atoms. The summed E-state index contributed by atoms with van der Waals surface area (Å²) < 4.78 is 0. The van der Waals surface area contributed by atoms with E-state index in [0.29, 0.717) is 5.69 Å². The van der Waals surface area contributed by atoms with Gasteiger partial charge in [0.1, 0.15) is 5.54 Å². The van der Waals surface area contributed by atoms with Crippen molar-refractivity contribution in [2.75, 3.05) is 19.8 Å². The average Bonchev–Trinajstić information content (AvgIpc) is 2.79. The van der Waals surface area contributed by atoms with Crippen LogP contribution in [0.3, 0.4) is 0 Å². The van der Waals surface area contributed by atoms with Crippen molar-refractivity contribution in [2.45, 2.75) is 12.0 Å². The van der Waals surface area contributed by atoms with Gasteiger partial charge in [0.25, 0.3) is 0 Å². The molecule has 0 saturated heterocycles. The predicted molar refractivity (Wildman–Crippen MR) is 54.4 cm³/mol. The molecule has 7 nitrogen and oxygen atoms in total. The van der Waals surface area contributed by atoms with E-state index in [-0.39, 0.29) is 6.42 Å². The zero-order chi connectivity index (χ0) is 12.0. The van der Waals surface area contributed by atoms with Crippen molar-refractivity contribution >= 4 is 5.91 Å². The Morgan fingerprint density at radius 2 is 2.00 bits per heavy atom. The lowest BCUT2D eigenvalue weighted by molar-refractivity contribution is -0.124. The van der Waals surface area contributed by atoms with E-state index in [9.17, 15) is 4.79 Å². The van der Waals surface area contributed by atoms with Crippen LogP contribution in [0.2, 0.25) is 0 Å². The number of rotatable bonds is 6. The quantitative estimate of drug-likeness (QED) is 0.379. The third kappa shape index (κ3) is 3.02. The van der Waals surface area contributed by atoms with Gasteiger partial charge in [-0.25, -0.2) is 0 Å². The van der Waals surface area contributed by atoms with E-state index in [1.807, 2.05) is 0 Å². The molecule has 1 heterocycles. The van der Waals surface area contributed by atoms with Gasteiger partial charge < -0.3 is 20.6 Å². The number of aromatic nitrogens is 2. The zero-order valence-electron chi connectivity index (χ0n) is 8.68. The molecule has 0 radical (unpaired) electrons. The molecule has 1 aromatic rings. The van der Waals surface area contributed by atoms with Gasteiger partial charge >= 0.3 is 0 Å². The molecular formula is C9H15N3O4. The van der Waals surface area contributed by atoms with Crippen LogP contribution in [0.1, 0.15) is 5.69 Å². The highest BCUT2D eigenvalue weighted by molar-refractivity contribution is 5.78. The van der Waals surface area contributed by atoms with E-state index >= 15 is 0 Å². The lowest BCUT2D eigenvalue weighted by Gasteiger charge is -2.28. The minimum Gasteiger partial charge on any atom is -0.394 e. The molecule has 0 aliphatic rings. The first-order chi connectivity index (χ1) is 7.65. The molecule has 1 rings (SSSR count). The Labute approximate surface area is 92.1 Å². The lowest BCUT2D eigenvalue weighted by atomic mass is 10.0. The number of hydrogen-bond acceptors (Lipinski definition) is 5. The first-order valence-corrected chi connectivity index (χ1v) is 4.77. The van der Waals surface area contributed by atoms with Gasteiger partial charge in [-0.15, -0.1) is 0 Å². The summed E-state index contributed by atoms with van der Waals surface area (Å²) in [6, 6.07) is 1.64. The molecule has 1 amide bonds. The number of hydrogen-bond donors (Lipinski definition) is 5. The van der Waals surface area contributed by atoms with Gasteiger partial charge in [-0.3, -0.25) is 9.89 Å². The molecule has 1 aromatic heterocycles. The first-order valence-electron chi connectivity index (χ1n) is 4.77. The fourth-order valence-electron chi connectivity index (χ4n) is 1.16. The maximum absolute atomic E-state index is 11.5. The highest BCUT2D eigenvalue weighted by Crippen LogP contribution is 2.03. The number of amides is 1. The minimum atomic E-state index is -1.38. The smallest absolute Gasteiger partial charge is 0.226 e.